The summed E-state index contributed by atoms with van der Waals surface area (Å²) in [6.45, 7) is 5.43. The molecule has 0 saturated carbocycles. The second-order valence-corrected chi connectivity index (χ2v) is 8.18. The van der Waals surface area contributed by atoms with Gasteiger partial charge in [-0.05, 0) is 6.04 Å². The van der Waals surface area contributed by atoms with E-state index in [1.54, 1.807) is 7.11 Å². The SMILES string of the molecule is COC[CH][Si](C)(C)c1ccccc1. The van der Waals surface area contributed by atoms with Gasteiger partial charge in [-0.2, -0.15) is 0 Å². The van der Waals surface area contributed by atoms with Crippen LogP contribution in [0.3, 0.4) is 0 Å². The Morgan fingerprint density at radius 3 is 2.38 bits per heavy atom. The van der Waals surface area contributed by atoms with E-state index < -0.39 is 8.07 Å². The molecule has 13 heavy (non-hydrogen) atoms. The van der Waals surface area contributed by atoms with Gasteiger partial charge < -0.3 is 4.74 Å². The van der Waals surface area contributed by atoms with E-state index in [0.717, 1.165) is 6.61 Å². The average Bonchev–Trinajstić information content (AvgIpc) is 2.16. The van der Waals surface area contributed by atoms with Crippen molar-refractivity contribution in [1.82, 2.24) is 0 Å². The Labute approximate surface area is 81.8 Å². The summed E-state index contributed by atoms with van der Waals surface area (Å²) in [5, 5.41) is 1.46. The highest BCUT2D eigenvalue weighted by molar-refractivity contribution is 6.92. The highest BCUT2D eigenvalue weighted by Crippen LogP contribution is 2.06. The van der Waals surface area contributed by atoms with Gasteiger partial charge in [0.15, 0.2) is 0 Å². The van der Waals surface area contributed by atoms with Crippen LogP contribution in [0.15, 0.2) is 30.3 Å². The first kappa shape index (κ1) is 10.5. The van der Waals surface area contributed by atoms with Crippen molar-refractivity contribution in [2.24, 2.45) is 0 Å². The average molecular weight is 193 g/mol. The van der Waals surface area contributed by atoms with Crippen LogP contribution in [-0.4, -0.2) is 21.8 Å². The van der Waals surface area contributed by atoms with E-state index >= 15 is 0 Å². The molecule has 0 N–H and O–H groups in total. The molecule has 0 unspecified atom stereocenters. The van der Waals surface area contributed by atoms with Gasteiger partial charge in [0.1, 0.15) is 0 Å². The van der Waals surface area contributed by atoms with Crippen molar-refractivity contribution < 1.29 is 4.74 Å². The molecule has 0 aromatic heterocycles. The van der Waals surface area contributed by atoms with Gasteiger partial charge in [0, 0.05) is 13.7 Å². The minimum absolute atomic E-state index is 0.758. The Balaban J connectivity index is 2.69. The Kier molecular flexibility index (Phi) is 3.69. The van der Waals surface area contributed by atoms with Crippen molar-refractivity contribution in [1.29, 1.82) is 0 Å². The van der Waals surface area contributed by atoms with E-state index in [1.165, 1.54) is 5.19 Å². The van der Waals surface area contributed by atoms with Gasteiger partial charge in [0.2, 0.25) is 0 Å². The third kappa shape index (κ3) is 2.97. The zero-order chi connectivity index (χ0) is 9.73. The fourth-order valence-corrected chi connectivity index (χ4v) is 3.15. The molecule has 0 atom stereocenters. The molecular weight excluding hydrogens is 176 g/mol. The lowest BCUT2D eigenvalue weighted by Crippen LogP contribution is -2.43. The van der Waals surface area contributed by atoms with Crippen molar-refractivity contribution in [3.05, 3.63) is 36.4 Å². The van der Waals surface area contributed by atoms with Crippen LogP contribution in [0.4, 0.5) is 0 Å². The first-order valence-corrected chi connectivity index (χ1v) is 7.63. The van der Waals surface area contributed by atoms with Crippen LogP contribution in [0.1, 0.15) is 0 Å². The molecule has 0 aliphatic rings. The lowest BCUT2D eigenvalue weighted by molar-refractivity contribution is 0.228. The molecule has 0 heterocycles. The molecule has 0 spiro atoms. The summed E-state index contributed by atoms with van der Waals surface area (Å²) >= 11 is 0. The summed E-state index contributed by atoms with van der Waals surface area (Å²) in [7, 11) is 0.392. The largest absolute Gasteiger partial charge is 0.385 e. The number of hydrogen-bond donors (Lipinski definition) is 0. The standard InChI is InChI=1S/C11H17OSi/c1-12-9-10-13(2,3)11-7-5-4-6-8-11/h4-8,10H,9H2,1-3H3. The predicted molar refractivity (Wildman–Crippen MR) is 59.7 cm³/mol. The van der Waals surface area contributed by atoms with Crippen LogP contribution < -0.4 is 5.19 Å². The summed E-state index contributed by atoms with van der Waals surface area (Å²) in [4.78, 5) is 0. The lowest BCUT2D eigenvalue weighted by atomic mass is 10.4. The van der Waals surface area contributed by atoms with Gasteiger partial charge in [0.25, 0.3) is 0 Å². The van der Waals surface area contributed by atoms with Crippen molar-refractivity contribution in [2.75, 3.05) is 13.7 Å². The fourth-order valence-electron chi connectivity index (χ4n) is 1.28. The van der Waals surface area contributed by atoms with E-state index in [0.29, 0.717) is 0 Å². The second-order valence-electron chi connectivity index (χ2n) is 3.75. The quantitative estimate of drug-likeness (QED) is 0.665. The van der Waals surface area contributed by atoms with Gasteiger partial charge in [-0.15, -0.1) is 0 Å². The Hall–Kier alpha value is -0.603. The van der Waals surface area contributed by atoms with Crippen LogP contribution in [0, 0.1) is 6.04 Å². The first-order valence-electron chi connectivity index (χ1n) is 4.55. The number of hydrogen-bond acceptors (Lipinski definition) is 1. The lowest BCUT2D eigenvalue weighted by Gasteiger charge is -2.21. The zero-order valence-corrected chi connectivity index (χ0v) is 9.58. The molecule has 0 fully saturated rings. The monoisotopic (exact) mass is 193 g/mol. The Morgan fingerprint density at radius 2 is 1.85 bits per heavy atom. The first-order chi connectivity index (χ1) is 6.17. The van der Waals surface area contributed by atoms with E-state index in [1.807, 2.05) is 0 Å². The van der Waals surface area contributed by atoms with Crippen molar-refractivity contribution >= 4 is 13.3 Å². The van der Waals surface area contributed by atoms with Crippen molar-refractivity contribution in [3.63, 3.8) is 0 Å². The van der Waals surface area contributed by atoms with Crippen LogP contribution in [0.25, 0.3) is 0 Å². The number of methoxy groups -OCH3 is 1. The molecule has 0 amide bonds. The fraction of sp³-hybridized carbons (Fsp3) is 0.364. The van der Waals surface area contributed by atoms with E-state index in [2.05, 4.69) is 49.5 Å². The molecule has 0 aliphatic carbocycles. The molecule has 2 heteroatoms. The van der Waals surface area contributed by atoms with Gasteiger partial charge in [-0.3, -0.25) is 0 Å². The van der Waals surface area contributed by atoms with Crippen molar-refractivity contribution in [2.45, 2.75) is 13.1 Å². The smallest absolute Gasteiger partial charge is 0.0860 e. The van der Waals surface area contributed by atoms with E-state index in [9.17, 15) is 0 Å². The van der Waals surface area contributed by atoms with E-state index in [-0.39, 0.29) is 0 Å². The minimum atomic E-state index is -1.35. The van der Waals surface area contributed by atoms with Crippen LogP contribution >= 0.6 is 0 Å². The minimum Gasteiger partial charge on any atom is -0.385 e. The van der Waals surface area contributed by atoms with Gasteiger partial charge in [0.05, 0.1) is 8.07 Å². The molecular formula is C11H17OSi. The third-order valence-electron chi connectivity index (χ3n) is 2.28. The zero-order valence-electron chi connectivity index (χ0n) is 8.58. The molecule has 1 aromatic rings. The summed E-state index contributed by atoms with van der Waals surface area (Å²) < 4.78 is 5.08. The summed E-state index contributed by atoms with van der Waals surface area (Å²) in [6.07, 6.45) is 0. The third-order valence-corrected chi connectivity index (χ3v) is 5.29. The molecule has 0 aliphatic heterocycles. The van der Waals surface area contributed by atoms with Crippen molar-refractivity contribution in [3.8, 4) is 0 Å². The van der Waals surface area contributed by atoms with Crippen LogP contribution in [0.5, 0.6) is 0 Å². The van der Waals surface area contributed by atoms with E-state index in [4.69, 9.17) is 4.74 Å². The predicted octanol–water partition coefficient (Wildman–Crippen LogP) is 1.99. The Morgan fingerprint density at radius 1 is 1.23 bits per heavy atom. The molecule has 1 aromatic carbocycles. The maximum Gasteiger partial charge on any atom is 0.0860 e. The van der Waals surface area contributed by atoms with Gasteiger partial charge >= 0.3 is 0 Å². The van der Waals surface area contributed by atoms with Gasteiger partial charge in [-0.25, -0.2) is 0 Å². The topological polar surface area (TPSA) is 9.23 Å². The maximum absolute atomic E-state index is 5.08. The molecule has 1 rings (SSSR count). The number of benzene rings is 1. The van der Waals surface area contributed by atoms with Gasteiger partial charge in [-0.1, -0.05) is 48.6 Å². The summed E-state index contributed by atoms with van der Waals surface area (Å²) in [5.41, 5.74) is 0. The molecule has 1 nitrogen and oxygen atoms in total. The molecule has 1 radical (unpaired) electrons. The number of rotatable bonds is 4. The molecule has 0 bridgehead atoms. The number of ether oxygens (including phenoxy) is 1. The Bertz CT molecular complexity index is 244. The van der Waals surface area contributed by atoms with Crippen LogP contribution in [0.2, 0.25) is 13.1 Å². The normalized spacial score (nSPS) is 11.6. The summed E-state index contributed by atoms with van der Waals surface area (Å²) in [5.74, 6) is 0. The second kappa shape index (κ2) is 4.58. The summed E-state index contributed by atoms with van der Waals surface area (Å²) in [6, 6.07) is 13.0. The highest BCUT2D eigenvalue weighted by Gasteiger charge is 2.22. The maximum atomic E-state index is 5.08. The molecule has 71 valence electrons. The molecule has 0 saturated heterocycles. The highest BCUT2D eigenvalue weighted by atomic mass is 28.3. The van der Waals surface area contributed by atoms with Crippen LogP contribution in [-0.2, 0) is 4.74 Å².